The molecule has 0 aliphatic rings. The topological polar surface area (TPSA) is 255 Å². The van der Waals surface area contributed by atoms with Gasteiger partial charge in [0.2, 0.25) is 0 Å². The van der Waals surface area contributed by atoms with Crippen molar-refractivity contribution in [3.63, 3.8) is 0 Å². The number of hydrogen-bond donors (Lipinski definition) is 5. The Hall–Kier alpha value is -12.5. The Morgan fingerprint density at radius 2 is 0.542 bits per heavy atom. The first-order chi connectivity index (χ1) is 61.4. The lowest BCUT2D eigenvalue weighted by Crippen LogP contribution is -2.24. The van der Waals surface area contributed by atoms with Gasteiger partial charge in [0, 0.05) is 48.2 Å². The van der Waals surface area contributed by atoms with Gasteiger partial charge in [0.1, 0.15) is 112 Å². The average molecular weight is 1820 g/mol. The van der Waals surface area contributed by atoms with Crippen LogP contribution in [0, 0.1) is 6.92 Å². The van der Waals surface area contributed by atoms with E-state index in [1.807, 2.05) is 134 Å². The third kappa shape index (κ3) is 20.8. The molecule has 0 atom stereocenters. The number of phenols is 5. The predicted octanol–water partition coefficient (Wildman–Crippen LogP) is 27.2. The predicted molar refractivity (Wildman–Crippen MR) is 535 cm³/mol. The molecule has 0 fully saturated rings. The van der Waals surface area contributed by atoms with Crippen LogP contribution in [-0.2, 0) is 43.3 Å². The summed E-state index contributed by atoms with van der Waals surface area (Å²) in [4.78, 5) is 7.61. The number of aromatic nitrogens is 15. The lowest BCUT2D eigenvalue weighted by atomic mass is 9.72. The van der Waals surface area contributed by atoms with Crippen molar-refractivity contribution in [2.24, 2.45) is 0 Å². The van der Waals surface area contributed by atoms with E-state index in [1.165, 1.54) is 25.5 Å². The van der Waals surface area contributed by atoms with Crippen molar-refractivity contribution in [2.45, 2.75) is 235 Å². The van der Waals surface area contributed by atoms with E-state index in [0.29, 0.717) is 65.6 Å². The van der Waals surface area contributed by atoms with E-state index in [1.54, 1.807) is 46.0 Å². The number of halogens is 3. The molecule has 0 amide bonds. The molecule has 20 nitrogen and oxygen atoms in total. The molecule has 0 spiro atoms. The Kier molecular flexibility index (Phi) is 27.2. The van der Waals surface area contributed by atoms with Gasteiger partial charge in [-0.15, -0.1) is 75.0 Å². The Morgan fingerprint density at radius 1 is 0.260 bits per heavy atom. The van der Waals surface area contributed by atoms with Gasteiger partial charge in [0.25, 0.3) is 0 Å². The number of aromatic hydroxyl groups is 5. The molecule has 5 heterocycles. The number of hydrogen-bond acceptors (Lipinski definition) is 15. The molecular formula is C108H122Cl3N15O5. The molecule has 0 unspecified atom stereocenters. The summed E-state index contributed by atoms with van der Waals surface area (Å²) in [6.07, 6.45) is 1.95. The lowest BCUT2D eigenvalue weighted by Gasteiger charge is -2.32. The fourth-order valence-corrected chi connectivity index (χ4v) is 16.1. The minimum atomic E-state index is -0.460. The average Bonchev–Trinajstić information content (AvgIpc) is 1.66. The van der Waals surface area contributed by atoms with Crippen LogP contribution in [0.5, 0.6) is 28.7 Å². The van der Waals surface area contributed by atoms with Crippen molar-refractivity contribution in [1.29, 1.82) is 0 Å². The summed E-state index contributed by atoms with van der Waals surface area (Å²) >= 11 is 18.2. The lowest BCUT2D eigenvalue weighted by molar-refractivity contribution is 0.420. The molecule has 5 N–H and O–H groups in total. The number of aryl methyl sites for hydroxylation is 1. The Balaban J connectivity index is 0.000000141. The normalized spacial score (nSPS) is 12.4. The van der Waals surface area contributed by atoms with Crippen LogP contribution in [0.4, 0.5) is 0 Å². The molecule has 17 rings (SSSR count). The van der Waals surface area contributed by atoms with Gasteiger partial charge < -0.3 is 25.5 Å². The first kappa shape index (κ1) is 96.1. The summed E-state index contributed by atoms with van der Waals surface area (Å²) in [7, 11) is 0. The summed E-state index contributed by atoms with van der Waals surface area (Å²) in [5, 5.41) is 102. The maximum absolute atomic E-state index is 11.7. The second-order valence-electron chi connectivity index (χ2n) is 40.7. The summed E-state index contributed by atoms with van der Waals surface area (Å²) in [6.45, 7) is 53.4. The molecule has 0 radical (unpaired) electrons. The standard InChI is InChI=1S/C30H28ClN3O.C22H29N3O.C20H24ClN3O.C19H23N3O.C17H18ClN3O/c1-29(2,20-11-7-5-8-12-20)22-17-24(30(3,4)21-13-9-6-10-14-21)28(35)27(18-22)34-32-25-16-15-23(31)19-26(25)33-34;1-7-21(3,4)15-13-16(22(5,6)8-2)20(26)19(14-15)25-23-17-11-9-10-12-18(17)24-25;1-19(2,3)12-9-14(20(4,5)6)18(25)17(10-12)24-22-15-8-7-13(21)11-16(15)23-24;1-12(2)14-10-13(19(3,4)5)11-17(18(14)23)22-20-15-8-6-7-9-16(15)21-22;1-10-7-12(17(2,3)4)16(22)15(8-10)21-19-13-6-5-11(18)9-14(13)20-21/h5-19,35H,1-4H3;9-14,26H,7-8H2,1-6H3;7-11,25H,1-6H3;6-12,23H,1-5H3;5-9,22H,1-4H3. The molecule has 0 bridgehead atoms. The Labute approximate surface area is 783 Å². The van der Waals surface area contributed by atoms with Crippen LogP contribution in [-0.4, -0.2) is 101 Å². The van der Waals surface area contributed by atoms with Crippen molar-refractivity contribution in [3.05, 3.63) is 306 Å². The summed E-state index contributed by atoms with van der Waals surface area (Å²) in [5.41, 5.74) is 21.6. The summed E-state index contributed by atoms with van der Waals surface area (Å²) in [6, 6.07) is 72.6. The highest BCUT2D eigenvalue weighted by Crippen LogP contribution is 2.48. The molecule has 5 aromatic heterocycles. The van der Waals surface area contributed by atoms with Gasteiger partial charge in [-0.25, -0.2) is 0 Å². The highest BCUT2D eigenvalue weighted by molar-refractivity contribution is 6.32. The van der Waals surface area contributed by atoms with E-state index in [4.69, 9.17) is 34.8 Å². The van der Waals surface area contributed by atoms with E-state index in [2.05, 4.69) is 278 Å². The quantitative estimate of drug-likeness (QED) is 0.0678. The number of phenolic OH excluding ortho intramolecular Hbond substituents is 5. The summed E-state index contributed by atoms with van der Waals surface area (Å²) < 4.78 is 0. The largest absolute Gasteiger partial charge is 0.505 e. The minimum absolute atomic E-state index is 0.00754. The van der Waals surface area contributed by atoms with Gasteiger partial charge in [-0.1, -0.05) is 316 Å². The molecular weight excluding hydrogens is 1690 g/mol. The van der Waals surface area contributed by atoms with Crippen LogP contribution in [0.1, 0.15) is 252 Å². The molecule has 680 valence electrons. The van der Waals surface area contributed by atoms with Crippen molar-refractivity contribution in [3.8, 4) is 57.2 Å². The van der Waals surface area contributed by atoms with E-state index in [0.717, 1.165) is 102 Å². The van der Waals surface area contributed by atoms with Crippen LogP contribution >= 0.6 is 34.8 Å². The van der Waals surface area contributed by atoms with Gasteiger partial charge in [0.15, 0.2) is 0 Å². The third-order valence-electron chi connectivity index (χ3n) is 24.9. The third-order valence-corrected chi connectivity index (χ3v) is 25.6. The van der Waals surface area contributed by atoms with E-state index in [9.17, 15) is 25.5 Å². The van der Waals surface area contributed by atoms with Gasteiger partial charge in [-0.2, -0.15) is 0 Å². The smallest absolute Gasteiger partial charge is 0.147 e. The zero-order chi connectivity index (χ0) is 95.3. The van der Waals surface area contributed by atoms with E-state index in [-0.39, 0.29) is 72.6 Å². The van der Waals surface area contributed by atoms with Crippen LogP contribution in [0.3, 0.4) is 0 Å². The monoisotopic (exact) mass is 1810 g/mol. The van der Waals surface area contributed by atoms with Gasteiger partial charge >= 0.3 is 0 Å². The number of nitrogens with zero attached hydrogens (tertiary/aromatic N) is 15. The zero-order valence-corrected chi connectivity index (χ0v) is 82.2. The fraction of sp³-hybridized carbons (Fsp3) is 0.333. The highest BCUT2D eigenvalue weighted by Gasteiger charge is 2.36. The molecule has 0 saturated heterocycles. The van der Waals surface area contributed by atoms with Crippen LogP contribution in [0.2, 0.25) is 15.1 Å². The molecule has 12 aromatic carbocycles. The van der Waals surface area contributed by atoms with Crippen molar-refractivity contribution >= 4 is 90.0 Å². The van der Waals surface area contributed by atoms with Crippen LogP contribution in [0.15, 0.2) is 224 Å². The SMILES string of the molecule is CC(C)(C)c1cc(-n2nc3ccc(Cl)cc3n2)c(O)c(C(C)(C)C)c1.CC(C)(c1ccccc1)c1cc(-n2nc3ccc(Cl)cc3n2)c(O)c(C(C)(C)c2ccccc2)c1.CC(C)c1cc(C(C)(C)C)cc(-n2nc3ccccc3n2)c1O.CCC(C)(C)c1cc(-n2nc3ccccc3n2)c(O)c(C(C)(C)CC)c1.Cc1cc(-n2nc3ccc(Cl)cc3n2)c(O)c(C(C)(C)C)c1. The fourth-order valence-electron chi connectivity index (χ4n) is 15.6. The van der Waals surface area contributed by atoms with E-state index < -0.39 is 5.41 Å². The zero-order valence-electron chi connectivity index (χ0n) is 79.9. The second kappa shape index (κ2) is 37.0. The first-order valence-electron chi connectivity index (χ1n) is 44.6. The van der Waals surface area contributed by atoms with Crippen molar-refractivity contribution < 1.29 is 25.5 Å². The second-order valence-corrected chi connectivity index (χ2v) is 42.0. The van der Waals surface area contributed by atoms with Crippen LogP contribution in [0.25, 0.3) is 83.6 Å². The van der Waals surface area contributed by atoms with Crippen molar-refractivity contribution in [1.82, 2.24) is 75.0 Å². The molecule has 23 heteroatoms. The maximum Gasteiger partial charge on any atom is 0.147 e. The van der Waals surface area contributed by atoms with E-state index >= 15 is 0 Å². The minimum Gasteiger partial charge on any atom is -0.505 e. The molecule has 0 aliphatic carbocycles. The molecule has 0 saturated carbocycles. The first-order valence-corrected chi connectivity index (χ1v) is 45.7. The maximum atomic E-state index is 11.7. The number of fused-ring (bicyclic) bond motifs is 5. The van der Waals surface area contributed by atoms with Gasteiger partial charge in [-0.3, -0.25) is 0 Å². The van der Waals surface area contributed by atoms with Gasteiger partial charge in [-0.05, 0) is 212 Å². The van der Waals surface area contributed by atoms with Gasteiger partial charge in [0.05, 0.1) is 0 Å². The highest BCUT2D eigenvalue weighted by atomic mass is 35.5. The summed E-state index contributed by atoms with van der Waals surface area (Å²) in [5.74, 6) is 1.34. The Bertz CT molecular complexity index is 6970. The number of rotatable bonds is 14. The molecule has 131 heavy (non-hydrogen) atoms. The molecule has 0 aliphatic heterocycles. The number of benzene rings is 12. The van der Waals surface area contributed by atoms with Crippen LogP contribution < -0.4 is 0 Å². The molecule has 17 aromatic rings. The van der Waals surface area contributed by atoms with Crippen molar-refractivity contribution in [2.75, 3.05) is 0 Å². The Morgan fingerprint density at radius 3 is 0.901 bits per heavy atom.